The lowest BCUT2D eigenvalue weighted by Gasteiger charge is -2.10. The first kappa shape index (κ1) is 11.0. The van der Waals surface area contributed by atoms with Gasteiger partial charge in [-0.3, -0.25) is 0 Å². The van der Waals surface area contributed by atoms with Crippen molar-refractivity contribution in [3.05, 3.63) is 42.2 Å². The van der Waals surface area contributed by atoms with Gasteiger partial charge in [0.25, 0.3) is 0 Å². The molecule has 0 amide bonds. The second-order valence-corrected chi connectivity index (χ2v) is 4.12. The average Bonchev–Trinajstić information content (AvgIpc) is 2.87. The van der Waals surface area contributed by atoms with Gasteiger partial charge in [0.05, 0.1) is 31.1 Å². The molecular weight excluding hydrogens is 228 g/mol. The monoisotopic (exact) mass is 242 g/mol. The van der Waals surface area contributed by atoms with Crippen LogP contribution in [0.1, 0.15) is 5.69 Å². The summed E-state index contributed by atoms with van der Waals surface area (Å²) in [6, 6.07) is 10.1. The number of nitrogens with zero attached hydrogens (tertiary/aromatic N) is 2. The Balaban J connectivity index is 2.44. The highest BCUT2D eigenvalue weighted by atomic mass is 16.5. The van der Waals surface area contributed by atoms with E-state index >= 15 is 0 Å². The number of hydrogen-bond donors (Lipinski definition) is 0. The van der Waals surface area contributed by atoms with Crippen molar-refractivity contribution in [2.24, 2.45) is 0 Å². The number of aromatic nitrogens is 2. The Morgan fingerprint density at radius 1 is 1.22 bits per heavy atom. The van der Waals surface area contributed by atoms with E-state index in [0.717, 1.165) is 27.7 Å². The van der Waals surface area contributed by atoms with Crippen LogP contribution < -0.4 is 4.74 Å². The third-order valence-electron chi connectivity index (χ3n) is 3.06. The first-order chi connectivity index (χ1) is 8.85. The highest BCUT2D eigenvalue weighted by Crippen LogP contribution is 2.30. The molecule has 0 saturated heterocycles. The van der Waals surface area contributed by atoms with Gasteiger partial charge in [-0.2, -0.15) is 5.10 Å². The van der Waals surface area contributed by atoms with E-state index in [-0.39, 0.29) is 0 Å². The van der Waals surface area contributed by atoms with Crippen LogP contribution in [0.3, 0.4) is 0 Å². The van der Waals surface area contributed by atoms with Crippen LogP contribution in [0.5, 0.6) is 5.75 Å². The van der Waals surface area contributed by atoms with Gasteiger partial charge in [0.2, 0.25) is 0 Å². The second-order valence-electron chi connectivity index (χ2n) is 4.12. The highest BCUT2D eigenvalue weighted by molar-refractivity contribution is 6.00. The number of pyridine rings is 1. The van der Waals surface area contributed by atoms with Crippen LogP contribution in [0.4, 0.5) is 0 Å². The fourth-order valence-corrected chi connectivity index (χ4v) is 2.33. The first-order valence-electron chi connectivity index (χ1n) is 5.76. The van der Waals surface area contributed by atoms with Gasteiger partial charge < -0.3 is 9.47 Å². The van der Waals surface area contributed by atoms with E-state index < -0.39 is 0 Å². The van der Waals surface area contributed by atoms with E-state index in [2.05, 4.69) is 17.2 Å². The summed E-state index contributed by atoms with van der Waals surface area (Å²) in [6.45, 7) is 0.533. The first-order valence-corrected chi connectivity index (χ1v) is 5.76. The van der Waals surface area contributed by atoms with Crippen molar-refractivity contribution in [3.8, 4) is 5.75 Å². The van der Waals surface area contributed by atoms with Gasteiger partial charge in [0.15, 0.2) is 0 Å². The largest absolute Gasteiger partial charge is 0.496 e. The van der Waals surface area contributed by atoms with Crippen LogP contribution in [-0.4, -0.2) is 23.8 Å². The van der Waals surface area contributed by atoms with E-state index in [4.69, 9.17) is 9.47 Å². The molecule has 3 rings (SSSR count). The molecule has 0 aliphatic carbocycles. The molecule has 4 nitrogen and oxygen atoms in total. The summed E-state index contributed by atoms with van der Waals surface area (Å²) in [5.74, 6) is 0.863. The van der Waals surface area contributed by atoms with E-state index in [1.165, 1.54) is 0 Å². The van der Waals surface area contributed by atoms with Crippen LogP contribution in [0.25, 0.3) is 16.3 Å². The third kappa shape index (κ3) is 1.54. The fraction of sp³-hybridized carbons (Fsp3) is 0.214. The molecule has 0 spiro atoms. The maximum Gasteiger partial charge on any atom is 0.128 e. The standard InChI is InChI=1S/C14H14N2O2/c1-17-9-11-8-10-4-3-5-13(18-2)14(10)12-6-7-15-16(11)12/h3-8H,9H2,1-2H3. The number of ether oxygens (including phenoxy) is 2. The van der Waals surface area contributed by atoms with Crippen LogP contribution in [0.15, 0.2) is 36.5 Å². The molecule has 0 bridgehead atoms. The summed E-state index contributed by atoms with van der Waals surface area (Å²) in [7, 11) is 3.37. The predicted octanol–water partition coefficient (Wildman–Crippen LogP) is 2.64. The number of rotatable bonds is 3. The average molecular weight is 242 g/mol. The van der Waals surface area contributed by atoms with Crippen molar-refractivity contribution in [2.75, 3.05) is 14.2 Å². The molecule has 18 heavy (non-hydrogen) atoms. The summed E-state index contributed by atoms with van der Waals surface area (Å²) in [4.78, 5) is 0. The normalized spacial score (nSPS) is 11.2. The SMILES string of the molecule is COCc1cc2cccc(OC)c2c2ccnn12. The Hall–Kier alpha value is -2.07. The molecule has 0 fully saturated rings. The van der Waals surface area contributed by atoms with Gasteiger partial charge in [0.1, 0.15) is 5.75 Å². The quantitative estimate of drug-likeness (QED) is 0.708. The minimum absolute atomic E-state index is 0.533. The minimum Gasteiger partial charge on any atom is -0.496 e. The van der Waals surface area contributed by atoms with Gasteiger partial charge in [-0.1, -0.05) is 12.1 Å². The Morgan fingerprint density at radius 2 is 2.11 bits per heavy atom. The lowest BCUT2D eigenvalue weighted by atomic mass is 10.1. The Labute approximate surface area is 105 Å². The summed E-state index contributed by atoms with van der Waals surface area (Å²) >= 11 is 0. The number of benzene rings is 1. The van der Waals surface area contributed by atoms with E-state index in [0.29, 0.717) is 6.61 Å². The Bertz CT molecular complexity index is 703. The predicted molar refractivity (Wildman–Crippen MR) is 70.0 cm³/mol. The number of methoxy groups -OCH3 is 2. The summed E-state index contributed by atoms with van der Waals surface area (Å²) < 4.78 is 12.5. The van der Waals surface area contributed by atoms with Crippen molar-refractivity contribution in [3.63, 3.8) is 0 Å². The fourth-order valence-electron chi connectivity index (χ4n) is 2.33. The van der Waals surface area contributed by atoms with E-state index in [1.807, 2.05) is 22.7 Å². The number of hydrogen-bond acceptors (Lipinski definition) is 3. The molecule has 0 radical (unpaired) electrons. The molecule has 0 aliphatic heterocycles. The van der Waals surface area contributed by atoms with Crippen molar-refractivity contribution < 1.29 is 9.47 Å². The van der Waals surface area contributed by atoms with Crippen molar-refractivity contribution >= 4 is 16.3 Å². The lowest BCUT2D eigenvalue weighted by Crippen LogP contribution is -2.01. The zero-order chi connectivity index (χ0) is 12.5. The molecule has 0 unspecified atom stereocenters. The van der Waals surface area contributed by atoms with Crippen LogP contribution in [0, 0.1) is 0 Å². The molecule has 2 aromatic heterocycles. The molecule has 0 saturated carbocycles. The molecule has 4 heteroatoms. The molecule has 92 valence electrons. The Morgan fingerprint density at radius 3 is 2.89 bits per heavy atom. The maximum absolute atomic E-state index is 5.43. The van der Waals surface area contributed by atoms with E-state index in [9.17, 15) is 0 Å². The van der Waals surface area contributed by atoms with Gasteiger partial charge in [0, 0.05) is 12.5 Å². The third-order valence-corrected chi connectivity index (χ3v) is 3.06. The molecule has 3 aromatic rings. The molecule has 2 heterocycles. The maximum atomic E-state index is 5.43. The van der Waals surface area contributed by atoms with Gasteiger partial charge in [-0.25, -0.2) is 4.52 Å². The molecule has 0 atom stereocenters. The van der Waals surface area contributed by atoms with E-state index in [1.54, 1.807) is 20.4 Å². The van der Waals surface area contributed by atoms with Gasteiger partial charge in [-0.05, 0) is 23.6 Å². The topological polar surface area (TPSA) is 35.8 Å². The van der Waals surface area contributed by atoms with Crippen LogP contribution in [0.2, 0.25) is 0 Å². The van der Waals surface area contributed by atoms with Crippen LogP contribution >= 0.6 is 0 Å². The van der Waals surface area contributed by atoms with Gasteiger partial charge in [-0.15, -0.1) is 0 Å². The van der Waals surface area contributed by atoms with Crippen molar-refractivity contribution in [1.82, 2.24) is 9.61 Å². The summed E-state index contributed by atoms with van der Waals surface area (Å²) in [5.41, 5.74) is 2.07. The zero-order valence-corrected chi connectivity index (χ0v) is 10.4. The minimum atomic E-state index is 0.533. The molecular formula is C14H14N2O2. The van der Waals surface area contributed by atoms with Gasteiger partial charge >= 0.3 is 0 Å². The van der Waals surface area contributed by atoms with Crippen LogP contribution in [-0.2, 0) is 11.3 Å². The Kier molecular flexibility index (Phi) is 2.64. The zero-order valence-electron chi connectivity index (χ0n) is 10.4. The number of fused-ring (bicyclic) bond motifs is 3. The molecule has 0 N–H and O–H groups in total. The highest BCUT2D eigenvalue weighted by Gasteiger charge is 2.10. The lowest BCUT2D eigenvalue weighted by molar-refractivity contribution is 0.179. The molecule has 1 aromatic carbocycles. The van der Waals surface area contributed by atoms with Crippen molar-refractivity contribution in [1.29, 1.82) is 0 Å². The summed E-state index contributed by atoms with van der Waals surface area (Å²) in [6.07, 6.45) is 1.79. The second kappa shape index (κ2) is 4.31. The van der Waals surface area contributed by atoms with Crippen molar-refractivity contribution in [2.45, 2.75) is 6.61 Å². The smallest absolute Gasteiger partial charge is 0.128 e. The molecule has 0 aliphatic rings. The summed E-state index contributed by atoms with van der Waals surface area (Å²) in [5, 5.41) is 6.56.